The molecule has 1 fully saturated rings. The van der Waals surface area contributed by atoms with Gasteiger partial charge in [-0.2, -0.15) is 0 Å². The molecule has 7 heteroatoms. The molecule has 0 spiro atoms. The molecule has 0 bridgehead atoms. The van der Waals surface area contributed by atoms with Crippen LogP contribution in [0.5, 0.6) is 0 Å². The first-order valence-corrected chi connectivity index (χ1v) is 11.1. The molecule has 0 amide bonds. The number of nitrogens with zero attached hydrogens (tertiary/aromatic N) is 6. The van der Waals surface area contributed by atoms with Crippen LogP contribution in [0.15, 0.2) is 35.5 Å². The second-order valence-corrected chi connectivity index (χ2v) is 8.79. The van der Waals surface area contributed by atoms with Gasteiger partial charge in [0.1, 0.15) is 5.82 Å². The van der Waals surface area contributed by atoms with E-state index in [9.17, 15) is 4.79 Å². The topological polar surface area (TPSA) is 59.2 Å². The Kier molecular flexibility index (Phi) is 5.06. The minimum atomic E-state index is 0.0365. The zero-order valence-electron chi connectivity index (χ0n) is 17.9. The van der Waals surface area contributed by atoms with E-state index in [1.165, 1.54) is 30.8 Å². The maximum absolute atomic E-state index is 12.6. The van der Waals surface area contributed by atoms with Crippen LogP contribution in [0.25, 0.3) is 10.9 Å². The highest BCUT2D eigenvalue weighted by atomic mass is 16.1. The number of benzene rings is 1. The molecule has 0 saturated carbocycles. The Bertz CT molecular complexity index is 1110. The summed E-state index contributed by atoms with van der Waals surface area (Å²) in [4.78, 5) is 26.8. The van der Waals surface area contributed by atoms with Gasteiger partial charge in [-0.15, -0.1) is 0 Å². The average Bonchev–Trinajstić information content (AvgIpc) is 3.17. The normalized spacial score (nSPS) is 17.6. The predicted molar refractivity (Wildman–Crippen MR) is 119 cm³/mol. The number of hydrogen-bond acceptors (Lipinski definition) is 5. The van der Waals surface area contributed by atoms with E-state index in [1.807, 2.05) is 19.9 Å². The zero-order valence-corrected chi connectivity index (χ0v) is 17.9. The summed E-state index contributed by atoms with van der Waals surface area (Å²) >= 11 is 0. The fourth-order valence-electron chi connectivity index (χ4n) is 4.68. The first kappa shape index (κ1) is 19.3. The Hall–Kier alpha value is -2.67. The molecule has 4 heterocycles. The van der Waals surface area contributed by atoms with Gasteiger partial charge in [-0.1, -0.05) is 0 Å². The van der Waals surface area contributed by atoms with Crippen molar-refractivity contribution in [1.29, 1.82) is 0 Å². The van der Waals surface area contributed by atoms with Crippen LogP contribution in [0.1, 0.15) is 44.2 Å². The van der Waals surface area contributed by atoms with E-state index < -0.39 is 0 Å². The van der Waals surface area contributed by atoms with Crippen molar-refractivity contribution in [2.45, 2.75) is 52.2 Å². The first-order chi connectivity index (χ1) is 14.6. The Morgan fingerprint density at radius 2 is 1.87 bits per heavy atom. The first-order valence-electron chi connectivity index (χ1n) is 11.1. The maximum atomic E-state index is 12.6. The molecule has 2 aliphatic heterocycles. The average molecular weight is 407 g/mol. The van der Waals surface area contributed by atoms with Gasteiger partial charge < -0.3 is 9.47 Å². The van der Waals surface area contributed by atoms with Crippen LogP contribution in [0.4, 0.5) is 5.69 Å². The summed E-state index contributed by atoms with van der Waals surface area (Å²) < 4.78 is 4.12. The summed E-state index contributed by atoms with van der Waals surface area (Å²) in [7, 11) is 0. The van der Waals surface area contributed by atoms with Crippen LogP contribution in [-0.4, -0.2) is 50.2 Å². The number of piperazine rings is 1. The van der Waals surface area contributed by atoms with Crippen LogP contribution >= 0.6 is 0 Å². The van der Waals surface area contributed by atoms with Crippen molar-refractivity contribution < 1.29 is 0 Å². The number of aromatic nitrogens is 4. The lowest BCUT2D eigenvalue weighted by molar-refractivity contribution is 0.239. The molecule has 0 radical (unpaired) electrons. The van der Waals surface area contributed by atoms with Crippen LogP contribution in [-0.2, 0) is 19.5 Å². The number of anilines is 1. The standard InChI is InChI=1S/C23H30N6O/c1-17(2)29-16-25-21-13-18(6-7-20(21)23(29)30)27-11-9-26(10-12-27)15-22-24-14-19-5-3-4-8-28(19)22/h6-7,13-14,16-17H,3-5,8-12,15H2,1-2H3. The molecular weight excluding hydrogens is 376 g/mol. The summed E-state index contributed by atoms with van der Waals surface area (Å²) in [5.41, 5.74) is 3.36. The predicted octanol–water partition coefficient (Wildman–Crippen LogP) is 2.83. The maximum Gasteiger partial charge on any atom is 0.261 e. The van der Waals surface area contributed by atoms with Crippen molar-refractivity contribution in [1.82, 2.24) is 24.0 Å². The lowest BCUT2D eigenvalue weighted by atomic mass is 10.1. The quantitative estimate of drug-likeness (QED) is 0.667. The fraction of sp³-hybridized carbons (Fsp3) is 0.522. The molecule has 0 N–H and O–H groups in total. The van der Waals surface area contributed by atoms with Crippen molar-refractivity contribution in [3.05, 3.63) is 52.6 Å². The van der Waals surface area contributed by atoms with Crippen LogP contribution < -0.4 is 10.5 Å². The molecule has 7 nitrogen and oxygen atoms in total. The van der Waals surface area contributed by atoms with Gasteiger partial charge in [-0.25, -0.2) is 9.97 Å². The van der Waals surface area contributed by atoms with Crippen LogP contribution in [0.3, 0.4) is 0 Å². The molecule has 30 heavy (non-hydrogen) atoms. The molecule has 0 atom stereocenters. The molecule has 1 aromatic carbocycles. The molecule has 0 aliphatic carbocycles. The lowest BCUT2D eigenvalue weighted by Crippen LogP contribution is -2.46. The highest BCUT2D eigenvalue weighted by molar-refractivity contribution is 5.81. The highest BCUT2D eigenvalue weighted by Gasteiger charge is 2.21. The minimum absolute atomic E-state index is 0.0365. The van der Waals surface area contributed by atoms with Crippen LogP contribution in [0.2, 0.25) is 0 Å². The van der Waals surface area contributed by atoms with E-state index in [1.54, 1.807) is 10.9 Å². The lowest BCUT2D eigenvalue weighted by Gasteiger charge is -2.36. The van der Waals surface area contributed by atoms with Gasteiger partial charge in [0, 0.05) is 56.3 Å². The van der Waals surface area contributed by atoms with Gasteiger partial charge in [-0.3, -0.25) is 14.3 Å². The third-order valence-corrected chi connectivity index (χ3v) is 6.51. The largest absolute Gasteiger partial charge is 0.369 e. The number of imidazole rings is 1. The Labute approximate surface area is 177 Å². The minimum Gasteiger partial charge on any atom is -0.369 e. The number of aryl methyl sites for hydroxylation is 1. The van der Waals surface area contributed by atoms with E-state index in [-0.39, 0.29) is 11.6 Å². The van der Waals surface area contributed by atoms with Crippen molar-refractivity contribution in [3.63, 3.8) is 0 Å². The number of fused-ring (bicyclic) bond motifs is 2. The van der Waals surface area contributed by atoms with Gasteiger partial charge in [0.25, 0.3) is 5.56 Å². The van der Waals surface area contributed by atoms with Crippen molar-refractivity contribution in [2.24, 2.45) is 0 Å². The molecule has 2 aromatic heterocycles. The highest BCUT2D eigenvalue weighted by Crippen LogP contribution is 2.22. The number of hydrogen-bond donors (Lipinski definition) is 0. The SMILES string of the molecule is CC(C)n1cnc2cc(N3CCN(Cc4ncc5n4CCCC5)CC3)ccc2c1=O. The third-order valence-electron chi connectivity index (χ3n) is 6.51. The van der Waals surface area contributed by atoms with Gasteiger partial charge in [0.05, 0.1) is 23.8 Å². The summed E-state index contributed by atoms with van der Waals surface area (Å²) in [6.45, 7) is 10.0. The van der Waals surface area contributed by atoms with Crippen molar-refractivity contribution in [2.75, 3.05) is 31.1 Å². The molecule has 1 saturated heterocycles. The van der Waals surface area contributed by atoms with Gasteiger partial charge in [0.2, 0.25) is 0 Å². The summed E-state index contributed by atoms with van der Waals surface area (Å²) in [5, 5.41) is 0.692. The Morgan fingerprint density at radius 3 is 2.67 bits per heavy atom. The van der Waals surface area contributed by atoms with Crippen molar-refractivity contribution >= 4 is 16.6 Å². The van der Waals surface area contributed by atoms with E-state index in [0.717, 1.165) is 50.5 Å². The number of rotatable bonds is 4. The zero-order chi connectivity index (χ0) is 20.7. The van der Waals surface area contributed by atoms with Crippen LogP contribution in [0, 0.1) is 0 Å². The Morgan fingerprint density at radius 1 is 1.03 bits per heavy atom. The molecular formula is C23H30N6O. The second-order valence-electron chi connectivity index (χ2n) is 8.79. The summed E-state index contributed by atoms with van der Waals surface area (Å²) in [5.74, 6) is 1.22. The molecule has 158 valence electrons. The molecule has 3 aromatic rings. The second kappa shape index (κ2) is 7.87. The Balaban J connectivity index is 1.27. The van der Waals surface area contributed by atoms with E-state index in [0.29, 0.717) is 5.39 Å². The monoisotopic (exact) mass is 406 g/mol. The summed E-state index contributed by atoms with van der Waals surface area (Å²) in [6.07, 6.45) is 7.46. The van der Waals surface area contributed by atoms with E-state index in [4.69, 9.17) is 4.98 Å². The molecule has 5 rings (SSSR count). The molecule has 0 unspecified atom stereocenters. The van der Waals surface area contributed by atoms with E-state index >= 15 is 0 Å². The van der Waals surface area contributed by atoms with Crippen molar-refractivity contribution in [3.8, 4) is 0 Å². The fourth-order valence-corrected chi connectivity index (χ4v) is 4.68. The smallest absolute Gasteiger partial charge is 0.261 e. The van der Waals surface area contributed by atoms with E-state index in [2.05, 4.69) is 37.7 Å². The van der Waals surface area contributed by atoms with Gasteiger partial charge in [0.15, 0.2) is 0 Å². The van der Waals surface area contributed by atoms with Gasteiger partial charge >= 0.3 is 0 Å². The molecule has 2 aliphatic rings. The third kappa shape index (κ3) is 3.51. The van der Waals surface area contributed by atoms with Gasteiger partial charge in [-0.05, 0) is 51.3 Å². The summed E-state index contributed by atoms with van der Waals surface area (Å²) in [6, 6.07) is 6.17.